The standard InChI is InChI=1S/C17H14ClF2NO3/c18-14-9-13(6-7-15(14)20)21-16(22)10-24-17(23)8-3-11-1-4-12(19)5-2-11/h1-2,4-7,9H,3,8,10H2,(H,21,22). The summed E-state index contributed by atoms with van der Waals surface area (Å²) >= 11 is 5.60. The minimum absolute atomic E-state index is 0.0707. The summed E-state index contributed by atoms with van der Waals surface area (Å²) in [5.41, 5.74) is 1.09. The van der Waals surface area contributed by atoms with Gasteiger partial charge in [0.15, 0.2) is 6.61 Å². The Balaban J connectivity index is 1.73. The molecule has 2 rings (SSSR count). The maximum atomic E-state index is 13.0. The van der Waals surface area contributed by atoms with Crippen LogP contribution in [0.15, 0.2) is 42.5 Å². The van der Waals surface area contributed by atoms with E-state index in [2.05, 4.69) is 5.32 Å². The first-order chi connectivity index (χ1) is 11.4. The fraction of sp³-hybridized carbons (Fsp3) is 0.176. The van der Waals surface area contributed by atoms with Crippen LogP contribution < -0.4 is 5.32 Å². The molecule has 1 amide bonds. The fourth-order valence-electron chi connectivity index (χ4n) is 1.89. The molecule has 0 aliphatic rings. The molecule has 0 saturated carbocycles. The predicted octanol–water partition coefficient (Wildman–Crippen LogP) is 3.73. The van der Waals surface area contributed by atoms with Crippen LogP contribution in [0.2, 0.25) is 5.02 Å². The minimum Gasteiger partial charge on any atom is -0.456 e. The number of rotatable bonds is 6. The van der Waals surface area contributed by atoms with Crippen LogP contribution in [-0.4, -0.2) is 18.5 Å². The van der Waals surface area contributed by atoms with Gasteiger partial charge in [0.2, 0.25) is 0 Å². The van der Waals surface area contributed by atoms with Gasteiger partial charge in [0, 0.05) is 12.1 Å². The fourth-order valence-corrected chi connectivity index (χ4v) is 2.07. The number of hydrogen-bond donors (Lipinski definition) is 1. The zero-order chi connectivity index (χ0) is 17.5. The van der Waals surface area contributed by atoms with Gasteiger partial charge in [-0.3, -0.25) is 9.59 Å². The third kappa shape index (κ3) is 5.62. The molecule has 126 valence electrons. The quantitative estimate of drug-likeness (QED) is 0.805. The molecule has 0 aliphatic heterocycles. The highest BCUT2D eigenvalue weighted by atomic mass is 35.5. The number of anilines is 1. The summed E-state index contributed by atoms with van der Waals surface area (Å²) in [5.74, 6) is -2.06. The number of ether oxygens (including phenoxy) is 1. The SMILES string of the molecule is O=C(COC(=O)CCc1ccc(F)cc1)Nc1ccc(F)c(Cl)c1. The lowest BCUT2D eigenvalue weighted by atomic mass is 10.1. The molecule has 2 aromatic rings. The molecular weight excluding hydrogens is 340 g/mol. The monoisotopic (exact) mass is 353 g/mol. The van der Waals surface area contributed by atoms with Crippen LogP contribution in [0, 0.1) is 11.6 Å². The van der Waals surface area contributed by atoms with Crippen LogP contribution >= 0.6 is 11.6 Å². The predicted molar refractivity (Wildman–Crippen MR) is 85.7 cm³/mol. The van der Waals surface area contributed by atoms with Crippen molar-refractivity contribution in [3.63, 3.8) is 0 Å². The molecule has 4 nitrogen and oxygen atoms in total. The van der Waals surface area contributed by atoms with Crippen LogP contribution in [-0.2, 0) is 20.7 Å². The van der Waals surface area contributed by atoms with Gasteiger partial charge in [-0.1, -0.05) is 23.7 Å². The highest BCUT2D eigenvalue weighted by molar-refractivity contribution is 6.31. The molecule has 0 heterocycles. The zero-order valence-electron chi connectivity index (χ0n) is 12.5. The van der Waals surface area contributed by atoms with Crippen LogP contribution in [0.5, 0.6) is 0 Å². The number of carbonyl (C=O) groups excluding carboxylic acids is 2. The first-order valence-corrected chi connectivity index (χ1v) is 7.47. The van der Waals surface area contributed by atoms with Crippen molar-refractivity contribution in [2.24, 2.45) is 0 Å². The number of amides is 1. The van der Waals surface area contributed by atoms with Crippen molar-refractivity contribution < 1.29 is 23.1 Å². The molecule has 0 atom stereocenters. The molecule has 7 heteroatoms. The summed E-state index contributed by atoms with van der Waals surface area (Å²) in [7, 11) is 0. The van der Waals surface area contributed by atoms with E-state index < -0.39 is 24.3 Å². The molecular formula is C17H14ClF2NO3. The van der Waals surface area contributed by atoms with Gasteiger partial charge in [-0.2, -0.15) is 0 Å². The van der Waals surface area contributed by atoms with Crippen LogP contribution in [0.25, 0.3) is 0 Å². The van der Waals surface area contributed by atoms with E-state index >= 15 is 0 Å². The normalized spacial score (nSPS) is 10.3. The Morgan fingerprint density at radius 2 is 1.79 bits per heavy atom. The number of esters is 1. The molecule has 24 heavy (non-hydrogen) atoms. The van der Waals surface area contributed by atoms with Gasteiger partial charge in [-0.25, -0.2) is 8.78 Å². The largest absolute Gasteiger partial charge is 0.456 e. The van der Waals surface area contributed by atoms with E-state index in [1.165, 1.54) is 24.3 Å². The maximum absolute atomic E-state index is 13.0. The molecule has 0 saturated heterocycles. The summed E-state index contributed by atoms with van der Waals surface area (Å²) in [6.07, 6.45) is 0.454. The summed E-state index contributed by atoms with van der Waals surface area (Å²) in [4.78, 5) is 23.2. The molecule has 2 aromatic carbocycles. The molecule has 0 spiro atoms. The zero-order valence-corrected chi connectivity index (χ0v) is 13.3. The molecule has 0 bridgehead atoms. The number of halogens is 3. The lowest BCUT2D eigenvalue weighted by molar-refractivity contribution is -0.147. The Labute approximate surface area is 142 Å². The van der Waals surface area contributed by atoms with Crippen molar-refractivity contribution >= 4 is 29.2 Å². The Bertz CT molecular complexity index is 735. The molecule has 0 unspecified atom stereocenters. The molecule has 0 aromatic heterocycles. The van der Waals surface area contributed by atoms with Gasteiger partial charge in [0.25, 0.3) is 5.91 Å². The summed E-state index contributed by atoms with van der Waals surface area (Å²) < 4.78 is 30.6. The number of carbonyl (C=O) groups is 2. The first kappa shape index (κ1) is 17.9. The minimum atomic E-state index is -0.595. The van der Waals surface area contributed by atoms with Crippen molar-refractivity contribution in [1.82, 2.24) is 0 Å². The summed E-state index contributed by atoms with van der Waals surface area (Å²) in [6, 6.07) is 9.48. The van der Waals surface area contributed by atoms with Crippen molar-refractivity contribution in [1.29, 1.82) is 0 Å². The van der Waals surface area contributed by atoms with Gasteiger partial charge in [0.1, 0.15) is 11.6 Å². The maximum Gasteiger partial charge on any atom is 0.306 e. The molecule has 0 radical (unpaired) electrons. The second-order valence-electron chi connectivity index (χ2n) is 4.96. The van der Waals surface area contributed by atoms with E-state index in [0.29, 0.717) is 12.1 Å². The average Bonchev–Trinajstić information content (AvgIpc) is 2.56. The van der Waals surface area contributed by atoms with E-state index in [4.69, 9.17) is 16.3 Å². The third-order valence-electron chi connectivity index (χ3n) is 3.10. The smallest absolute Gasteiger partial charge is 0.306 e. The van der Waals surface area contributed by atoms with E-state index in [1.54, 1.807) is 12.1 Å². The number of hydrogen-bond acceptors (Lipinski definition) is 3. The van der Waals surface area contributed by atoms with Crippen molar-refractivity contribution in [3.05, 3.63) is 64.7 Å². The number of aryl methyl sites for hydroxylation is 1. The van der Waals surface area contributed by atoms with Crippen LogP contribution in [0.4, 0.5) is 14.5 Å². The highest BCUT2D eigenvalue weighted by Gasteiger charge is 2.09. The number of benzene rings is 2. The summed E-state index contributed by atoms with van der Waals surface area (Å²) in [6.45, 7) is -0.461. The summed E-state index contributed by atoms with van der Waals surface area (Å²) in [5, 5.41) is 2.32. The second-order valence-corrected chi connectivity index (χ2v) is 5.37. The highest BCUT2D eigenvalue weighted by Crippen LogP contribution is 2.19. The van der Waals surface area contributed by atoms with E-state index in [9.17, 15) is 18.4 Å². The van der Waals surface area contributed by atoms with Crippen molar-refractivity contribution in [3.8, 4) is 0 Å². The topological polar surface area (TPSA) is 55.4 Å². The number of nitrogens with one attached hydrogen (secondary N) is 1. The Morgan fingerprint density at radius 1 is 1.08 bits per heavy atom. The third-order valence-corrected chi connectivity index (χ3v) is 3.39. The van der Waals surface area contributed by atoms with Gasteiger partial charge < -0.3 is 10.1 Å². The van der Waals surface area contributed by atoms with Crippen LogP contribution in [0.1, 0.15) is 12.0 Å². The lowest BCUT2D eigenvalue weighted by Crippen LogP contribution is -2.21. The van der Waals surface area contributed by atoms with Crippen molar-refractivity contribution in [2.75, 3.05) is 11.9 Å². The van der Waals surface area contributed by atoms with Gasteiger partial charge in [-0.15, -0.1) is 0 Å². The first-order valence-electron chi connectivity index (χ1n) is 7.09. The van der Waals surface area contributed by atoms with E-state index in [0.717, 1.165) is 11.6 Å². The Morgan fingerprint density at radius 3 is 2.46 bits per heavy atom. The van der Waals surface area contributed by atoms with Gasteiger partial charge in [-0.05, 0) is 42.3 Å². The average molecular weight is 354 g/mol. The Kier molecular flexibility index (Phi) is 6.26. The van der Waals surface area contributed by atoms with Crippen LogP contribution in [0.3, 0.4) is 0 Å². The second kappa shape index (κ2) is 8.40. The molecule has 0 fully saturated rings. The molecule has 1 N–H and O–H groups in total. The molecule has 0 aliphatic carbocycles. The van der Waals surface area contributed by atoms with E-state index in [-0.39, 0.29) is 17.3 Å². The Hall–Kier alpha value is -2.47. The lowest BCUT2D eigenvalue weighted by Gasteiger charge is -2.07. The van der Waals surface area contributed by atoms with E-state index in [1.807, 2.05) is 0 Å². The van der Waals surface area contributed by atoms with Crippen molar-refractivity contribution in [2.45, 2.75) is 12.8 Å². The van der Waals surface area contributed by atoms with Gasteiger partial charge in [0.05, 0.1) is 5.02 Å². The van der Waals surface area contributed by atoms with Gasteiger partial charge >= 0.3 is 5.97 Å².